The van der Waals surface area contributed by atoms with Crippen LogP contribution in [0.2, 0.25) is 0 Å². The molecule has 0 aliphatic heterocycles. The van der Waals surface area contributed by atoms with Gasteiger partial charge in [0, 0.05) is 0 Å². The number of carbonyl (C=O) groups is 4. The first-order valence-electron chi connectivity index (χ1n) is 5.79. The molecule has 0 bridgehead atoms. The zero-order chi connectivity index (χ0) is 16.9. The Balaban J connectivity index is 3.03. The molecule has 124 valence electrons. The minimum atomic E-state index is -1.85. The summed E-state index contributed by atoms with van der Waals surface area (Å²) in [6, 6.07) is 0. The largest absolute Gasteiger partial charge is 0.506 e. The Morgan fingerprint density at radius 3 is 1.09 bits per heavy atom. The summed E-state index contributed by atoms with van der Waals surface area (Å²) in [6.07, 6.45) is -13.6. The first kappa shape index (κ1) is 17.1. The van der Waals surface area contributed by atoms with Crippen molar-refractivity contribution in [3.63, 3.8) is 0 Å². The lowest BCUT2D eigenvalue weighted by atomic mass is 9.89. The summed E-state index contributed by atoms with van der Waals surface area (Å²) in [5.41, 5.74) is 0. The maximum Gasteiger partial charge on any atom is 0.506 e. The van der Waals surface area contributed by atoms with Crippen molar-refractivity contribution in [3.05, 3.63) is 0 Å². The van der Waals surface area contributed by atoms with Crippen LogP contribution in [0.25, 0.3) is 0 Å². The molecule has 4 atom stereocenters. The van der Waals surface area contributed by atoms with Gasteiger partial charge in [0.05, 0.1) is 0 Å². The molecule has 1 fully saturated rings. The second-order valence-electron chi connectivity index (χ2n) is 4.12. The van der Waals surface area contributed by atoms with E-state index in [4.69, 9.17) is 20.4 Å². The predicted molar refractivity (Wildman–Crippen MR) is 60.8 cm³/mol. The van der Waals surface area contributed by atoms with Gasteiger partial charge in [0.1, 0.15) is 12.2 Å². The van der Waals surface area contributed by atoms with Gasteiger partial charge in [0.15, 0.2) is 12.2 Å². The van der Waals surface area contributed by atoms with Gasteiger partial charge in [0.2, 0.25) is 0 Å². The van der Waals surface area contributed by atoms with Crippen molar-refractivity contribution in [2.75, 3.05) is 0 Å². The number of ether oxygens (including phenoxy) is 4. The van der Waals surface area contributed by atoms with Crippen LogP contribution in [-0.2, 0) is 18.9 Å². The molecule has 1 aliphatic rings. The van der Waals surface area contributed by atoms with E-state index in [-0.39, 0.29) is 12.8 Å². The quantitative estimate of drug-likeness (QED) is 0.425. The number of hydrogen-bond acceptors (Lipinski definition) is 8. The molecular formula is C10H12O12. The highest BCUT2D eigenvalue weighted by Crippen LogP contribution is 2.29. The Morgan fingerprint density at radius 2 is 0.864 bits per heavy atom. The molecule has 1 aliphatic carbocycles. The summed E-state index contributed by atoms with van der Waals surface area (Å²) >= 11 is 0. The van der Waals surface area contributed by atoms with Gasteiger partial charge in [-0.2, -0.15) is 0 Å². The summed E-state index contributed by atoms with van der Waals surface area (Å²) in [6.45, 7) is 0. The Kier molecular flexibility index (Phi) is 5.60. The SMILES string of the molecule is O=C(O)OC1CCC(OC(=O)O)C(OC(=O)O)C1OC(=O)O. The number of hydrogen-bond donors (Lipinski definition) is 4. The van der Waals surface area contributed by atoms with Gasteiger partial charge in [-0.15, -0.1) is 0 Å². The van der Waals surface area contributed by atoms with E-state index in [0.717, 1.165) is 0 Å². The van der Waals surface area contributed by atoms with Crippen molar-refractivity contribution in [3.8, 4) is 0 Å². The molecule has 12 nitrogen and oxygen atoms in total. The Bertz CT molecular complexity index is 417. The molecule has 22 heavy (non-hydrogen) atoms. The fourth-order valence-corrected chi connectivity index (χ4v) is 2.11. The van der Waals surface area contributed by atoms with Gasteiger partial charge in [-0.1, -0.05) is 0 Å². The molecule has 0 amide bonds. The van der Waals surface area contributed by atoms with Gasteiger partial charge >= 0.3 is 24.6 Å². The van der Waals surface area contributed by atoms with Gasteiger partial charge < -0.3 is 39.4 Å². The highest BCUT2D eigenvalue weighted by atomic mass is 16.7. The van der Waals surface area contributed by atoms with Crippen LogP contribution in [0.4, 0.5) is 19.2 Å². The number of rotatable bonds is 4. The summed E-state index contributed by atoms with van der Waals surface area (Å²) in [5, 5.41) is 34.5. The lowest BCUT2D eigenvalue weighted by molar-refractivity contribution is -0.158. The molecule has 0 spiro atoms. The van der Waals surface area contributed by atoms with Crippen LogP contribution in [0, 0.1) is 0 Å². The summed E-state index contributed by atoms with van der Waals surface area (Å²) in [7, 11) is 0. The fraction of sp³-hybridized carbons (Fsp3) is 0.600. The molecule has 0 aromatic heterocycles. The Hall–Kier alpha value is -2.92. The average Bonchev–Trinajstić information content (AvgIpc) is 2.34. The van der Waals surface area contributed by atoms with E-state index in [9.17, 15) is 19.2 Å². The minimum Gasteiger partial charge on any atom is -0.450 e. The third kappa shape index (κ3) is 4.88. The van der Waals surface area contributed by atoms with Gasteiger partial charge in [0.25, 0.3) is 0 Å². The van der Waals surface area contributed by atoms with Gasteiger partial charge in [-0.3, -0.25) is 0 Å². The van der Waals surface area contributed by atoms with E-state index in [1.54, 1.807) is 0 Å². The highest BCUT2D eigenvalue weighted by Gasteiger charge is 2.48. The van der Waals surface area contributed by atoms with Crippen LogP contribution in [0.3, 0.4) is 0 Å². The van der Waals surface area contributed by atoms with Crippen LogP contribution in [0.15, 0.2) is 0 Å². The van der Waals surface area contributed by atoms with E-state index in [1.807, 2.05) is 0 Å². The zero-order valence-corrected chi connectivity index (χ0v) is 10.8. The lowest BCUT2D eigenvalue weighted by Crippen LogP contribution is -2.55. The third-order valence-electron chi connectivity index (χ3n) is 2.77. The molecule has 4 unspecified atom stereocenters. The third-order valence-corrected chi connectivity index (χ3v) is 2.77. The van der Waals surface area contributed by atoms with Crippen LogP contribution >= 0.6 is 0 Å². The van der Waals surface area contributed by atoms with Crippen LogP contribution < -0.4 is 0 Å². The van der Waals surface area contributed by atoms with E-state index < -0.39 is 49.0 Å². The number of carboxylic acid groups (broad SMARTS) is 4. The first-order chi connectivity index (χ1) is 10.2. The summed E-state index contributed by atoms with van der Waals surface area (Å²) in [4.78, 5) is 42.5. The smallest absolute Gasteiger partial charge is 0.450 e. The molecule has 0 heterocycles. The average molecular weight is 324 g/mol. The van der Waals surface area contributed by atoms with Crippen molar-refractivity contribution < 1.29 is 58.6 Å². The van der Waals surface area contributed by atoms with E-state index >= 15 is 0 Å². The Morgan fingerprint density at radius 1 is 0.591 bits per heavy atom. The van der Waals surface area contributed by atoms with Gasteiger partial charge in [-0.05, 0) is 12.8 Å². The normalized spacial score (nSPS) is 27.3. The second-order valence-corrected chi connectivity index (χ2v) is 4.12. The maximum atomic E-state index is 10.7. The van der Waals surface area contributed by atoms with E-state index in [1.165, 1.54) is 0 Å². The van der Waals surface area contributed by atoms with Crippen LogP contribution in [-0.4, -0.2) is 69.5 Å². The van der Waals surface area contributed by atoms with E-state index in [2.05, 4.69) is 18.9 Å². The summed E-state index contributed by atoms with van der Waals surface area (Å²) < 4.78 is 17.6. The van der Waals surface area contributed by atoms with Crippen molar-refractivity contribution in [1.29, 1.82) is 0 Å². The molecule has 4 N–H and O–H groups in total. The molecule has 0 radical (unpaired) electrons. The van der Waals surface area contributed by atoms with Gasteiger partial charge in [-0.25, -0.2) is 19.2 Å². The summed E-state index contributed by atoms with van der Waals surface area (Å²) in [5.74, 6) is 0. The second kappa shape index (κ2) is 7.19. The molecule has 12 heteroatoms. The van der Waals surface area contributed by atoms with Crippen LogP contribution in [0.1, 0.15) is 12.8 Å². The zero-order valence-electron chi connectivity index (χ0n) is 10.8. The van der Waals surface area contributed by atoms with E-state index in [0.29, 0.717) is 0 Å². The van der Waals surface area contributed by atoms with Crippen LogP contribution in [0.5, 0.6) is 0 Å². The highest BCUT2D eigenvalue weighted by molar-refractivity contribution is 5.60. The lowest BCUT2D eigenvalue weighted by Gasteiger charge is -2.38. The van der Waals surface area contributed by atoms with Crippen molar-refractivity contribution in [2.24, 2.45) is 0 Å². The minimum absolute atomic E-state index is 0.151. The first-order valence-corrected chi connectivity index (χ1v) is 5.79. The standard InChI is InChI=1S/C10H12O12/c11-7(12)19-3-1-2-4(20-8(13)14)6(22-10(17)18)5(3)21-9(15)16/h3-6H,1-2H2,(H,11,12)(H,13,14)(H,15,16)(H,17,18). The molecular weight excluding hydrogens is 312 g/mol. The molecule has 0 saturated heterocycles. The molecule has 0 aromatic carbocycles. The predicted octanol–water partition coefficient (Wildman–Crippen LogP) is 1.03. The fourth-order valence-electron chi connectivity index (χ4n) is 2.11. The van der Waals surface area contributed by atoms with Crippen molar-refractivity contribution >= 4 is 24.6 Å². The molecule has 1 rings (SSSR count). The van der Waals surface area contributed by atoms with Crippen molar-refractivity contribution in [2.45, 2.75) is 37.3 Å². The monoisotopic (exact) mass is 324 g/mol. The Labute approximate surface area is 121 Å². The molecule has 1 saturated carbocycles. The van der Waals surface area contributed by atoms with Crippen molar-refractivity contribution in [1.82, 2.24) is 0 Å². The molecule has 0 aromatic rings. The topological polar surface area (TPSA) is 186 Å². The maximum absolute atomic E-state index is 10.7.